The monoisotopic (exact) mass is 375 g/mol. The average molecular weight is 376 g/mol. The van der Waals surface area contributed by atoms with Crippen LogP contribution < -0.4 is 10.6 Å². The zero-order valence-electron chi connectivity index (χ0n) is 12.6. The molecule has 1 aliphatic rings. The SMILES string of the molecule is O=C(Nc1cccc(Br)c1)c1ccc(NCC2CCCO2)cn1. The van der Waals surface area contributed by atoms with Crippen molar-refractivity contribution in [1.82, 2.24) is 4.98 Å². The van der Waals surface area contributed by atoms with Crippen molar-refractivity contribution in [3.05, 3.63) is 52.8 Å². The molecule has 0 bridgehead atoms. The highest BCUT2D eigenvalue weighted by molar-refractivity contribution is 9.10. The summed E-state index contributed by atoms with van der Waals surface area (Å²) < 4.78 is 6.48. The van der Waals surface area contributed by atoms with Crippen LogP contribution in [0.1, 0.15) is 23.3 Å². The van der Waals surface area contributed by atoms with Crippen LogP contribution in [0.5, 0.6) is 0 Å². The molecule has 0 radical (unpaired) electrons. The van der Waals surface area contributed by atoms with Crippen LogP contribution in [0.15, 0.2) is 47.1 Å². The number of nitrogens with one attached hydrogen (secondary N) is 2. The number of hydrogen-bond acceptors (Lipinski definition) is 4. The molecule has 1 aromatic carbocycles. The summed E-state index contributed by atoms with van der Waals surface area (Å²) >= 11 is 3.38. The summed E-state index contributed by atoms with van der Waals surface area (Å²) in [7, 11) is 0. The summed E-state index contributed by atoms with van der Waals surface area (Å²) in [6, 6.07) is 11.0. The molecule has 1 amide bonds. The maximum absolute atomic E-state index is 12.2. The highest BCUT2D eigenvalue weighted by Crippen LogP contribution is 2.17. The second kappa shape index (κ2) is 7.57. The van der Waals surface area contributed by atoms with Crippen LogP contribution in [-0.2, 0) is 4.74 Å². The van der Waals surface area contributed by atoms with Gasteiger partial charge in [-0.2, -0.15) is 0 Å². The van der Waals surface area contributed by atoms with Crippen LogP contribution in [-0.4, -0.2) is 30.1 Å². The van der Waals surface area contributed by atoms with Gasteiger partial charge < -0.3 is 15.4 Å². The first-order valence-electron chi connectivity index (χ1n) is 7.59. The highest BCUT2D eigenvalue weighted by atomic mass is 79.9. The van der Waals surface area contributed by atoms with Gasteiger partial charge in [-0.25, -0.2) is 4.98 Å². The minimum absolute atomic E-state index is 0.228. The lowest BCUT2D eigenvalue weighted by Crippen LogP contribution is -2.19. The van der Waals surface area contributed by atoms with E-state index in [-0.39, 0.29) is 12.0 Å². The Balaban J connectivity index is 1.56. The van der Waals surface area contributed by atoms with Gasteiger partial charge >= 0.3 is 0 Å². The largest absolute Gasteiger partial charge is 0.381 e. The van der Waals surface area contributed by atoms with Gasteiger partial charge in [-0.15, -0.1) is 0 Å². The smallest absolute Gasteiger partial charge is 0.274 e. The zero-order valence-corrected chi connectivity index (χ0v) is 14.2. The number of rotatable bonds is 5. The number of ether oxygens (including phenoxy) is 1. The fourth-order valence-corrected chi connectivity index (χ4v) is 2.83. The molecule has 23 heavy (non-hydrogen) atoms. The number of nitrogens with zero attached hydrogens (tertiary/aromatic N) is 1. The van der Waals surface area contributed by atoms with E-state index in [0.29, 0.717) is 5.69 Å². The van der Waals surface area contributed by atoms with E-state index in [0.717, 1.165) is 41.8 Å². The van der Waals surface area contributed by atoms with Gasteiger partial charge in [0.15, 0.2) is 0 Å². The molecule has 5 nitrogen and oxygen atoms in total. The van der Waals surface area contributed by atoms with E-state index in [1.807, 2.05) is 30.3 Å². The molecule has 1 atom stereocenters. The number of hydrogen-bond donors (Lipinski definition) is 2. The number of anilines is 2. The Morgan fingerprint density at radius 3 is 2.91 bits per heavy atom. The van der Waals surface area contributed by atoms with Crippen LogP contribution in [0.3, 0.4) is 0 Å². The molecule has 1 aliphatic heterocycles. The van der Waals surface area contributed by atoms with Gasteiger partial charge in [0, 0.05) is 23.3 Å². The topological polar surface area (TPSA) is 63.2 Å². The summed E-state index contributed by atoms with van der Waals surface area (Å²) in [5.74, 6) is -0.228. The molecule has 120 valence electrons. The molecule has 6 heteroatoms. The van der Waals surface area contributed by atoms with Crippen molar-refractivity contribution in [3.8, 4) is 0 Å². The van der Waals surface area contributed by atoms with Gasteiger partial charge in [-0.1, -0.05) is 22.0 Å². The van der Waals surface area contributed by atoms with E-state index >= 15 is 0 Å². The Hall–Kier alpha value is -1.92. The van der Waals surface area contributed by atoms with Crippen molar-refractivity contribution < 1.29 is 9.53 Å². The standard InChI is InChI=1S/C17H18BrN3O2/c18-12-3-1-4-13(9-12)21-17(22)16-7-6-14(10-20-16)19-11-15-5-2-8-23-15/h1,3-4,6-7,9-10,15,19H,2,5,8,11H2,(H,21,22). The second-order valence-electron chi connectivity index (χ2n) is 5.41. The Kier molecular flexibility index (Phi) is 5.25. The summed E-state index contributed by atoms with van der Waals surface area (Å²) in [5.41, 5.74) is 2.00. The number of carbonyl (C=O) groups is 1. The van der Waals surface area contributed by atoms with Gasteiger partial charge in [-0.3, -0.25) is 4.79 Å². The predicted molar refractivity (Wildman–Crippen MR) is 93.8 cm³/mol. The van der Waals surface area contributed by atoms with Gasteiger partial charge in [-0.05, 0) is 43.2 Å². The number of amides is 1. The summed E-state index contributed by atoms with van der Waals surface area (Å²) in [5, 5.41) is 6.11. The first-order chi connectivity index (χ1) is 11.2. The van der Waals surface area contributed by atoms with Crippen LogP contribution >= 0.6 is 15.9 Å². The molecular formula is C17H18BrN3O2. The number of carbonyl (C=O) groups excluding carboxylic acids is 1. The summed E-state index contributed by atoms with van der Waals surface area (Å²) in [6.07, 6.45) is 4.16. The number of aromatic nitrogens is 1. The Labute approximate surface area is 143 Å². The fraction of sp³-hybridized carbons (Fsp3) is 0.294. The van der Waals surface area contributed by atoms with Crippen molar-refractivity contribution in [2.24, 2.45) is 0 Å². The third-order valence-electron chi connectivity index (χ3n) is 3.64. The summed E-state index contributed by atoms with van der Waals surface area (Å²) in [4.78, 5) is 16.4. The second-order valence-corrected chi connectivity index (χ2v) is 6.33. The maximum Gasteiger partial charge on any atom is 0.274 e. The normalized spacial score (nSPS) is 17.0. The number of halogens is 1. The molecule has 3 rings (SSSR count). The van der Waals surface area contributed by atoms with E-state index in [9.17, 15) is 4.79 Å². The van der Waals surface area contributed by atoms with Crippen molar-refractivity contribution >= 4 is 33.2 Å². The van der Waals surface area contributed by atoms with Crippen LogP contribution in [0.4, 0.5) is 11.4 Å². The molecular weight excluding hydrogens is 358 g/mol. The van der Waals surface area contributed by atoms with Crippen LogP contribution in [0.2, 0.25) is 0 Å². The lowest BCUT2D eigenvalue weighted by Gasteiger charge is -2.12. The van der Waals surface area contributed by atoms with E-state index in [2.05, 4.69) is 31.5 Å². The molecule has 2 N–H and O–H groups in total. The molecule has 1 unspecified atom stereocenters. The Morgan fingerprint density at radius 1 is 1.30 bits per heavy atom. The highest BCUT2D eigenvalue weighted by Gasteiger charge is 2.15. The average Bonchev–Trinajstić information content (AvgIpc) is 3.07. The van der Waals surface area contributed by atoms with E-state index in [1.165, 1.54) is 0 Å². The minimum atomic E-state index is -0.228. The Morgan fingerprint density at radius 2 is 2.22 bits per heavy atom. The molecule has 0 aliphatic carbocycles. The quantitative estimate of drug-likeness (QED) is 0.836. The lowest BCUT2D eigenvalue weighted by molar-refractivity contribution is 0.102. The zero-order chi connectivity index (χ0) is 16.1. The molecule has 1 fully saturated rings. The van der Waals surface area contributed by atoms with Gasteiger partial charge in [0.2, 0.25) is 0 Å². The fourth-order valence-electron chi connectivity index (χ4n) is 2.43. The van der Waals surface area contributed by atoms with Crippen LogP contribution in [0, 0.1) is 0 Å². The van der Waals surface area contributed by atoms with E-state index in [1.54, 1.807) is 12.3 Å². The van der Waals surface area contributed by atoms with E-state index in [4.69, 9.17) is 4.74 Å². The molecule has 2 heterocycles. The van der Waals surface area contributed by atoms with Crippen LogP contribution in [0.25, 0.3) is 0 Å². The van der Waals surface area contributed by atoms with Crippen molar-refractivity contribution in [1.29, 1.82) is 0 Å². The first-order valence-corrected chi connectivity index (χ1v) is 8.38. The molecule has 2 aromatic rings. The van der Waals surface area contributed by atoms with E-state index < -0.39 is 0 Å². The first kappa shape index (κ1) is 16.0. The van der Waals surface area contributed by atoms with Gasteiger partial charge in [0.1, 0.15) is 5.69 Å². The van der Waals surface area contributed by atoms with Crippen molar-refractivity contribution in [2.45, 2.75) is 18.9 Å². The van der Waals surface area contributed by atoms with Gasteiger partial charge in [0.05, 0.1) is 18.0 Å². The number of benzene rings is 1. The summed E-state index contributed by atoms with van der Waals surface area (Å²) in [6.45, 7) is 1.62. The molecule has 1 saturated heterocycles. The van der Waals surface area contributed by atoms with Crippen molar-refractivity contribution in [3.63, 3.8) is 0 Å². The molecule has 0 saturated carbocycles. The maximum atomic E-state index is 12.2. The number of pyridine rings is 1. The Bertz CT molecular complexity index is 670. The third kappa shape index (κ3) is 4.53. The molecule has 1 aromatic heterocycles. The molecule has 0 spiro atoms. The third-order valence-corrected chi connectivity index (χ3v) is 4.13. The minimum Gasteiger partial charge on any atom is -0.381 e. The lowest BCUT2D eigenvalue weighted by atomic mass is 10.2. The van der Waals surface area contributed by atoms with Gasteiger partial charge in [0.25, 0.3) is 5.91 Å². The predicted octanol–water partition coefficient (Wildman–Crippen LogP) is 3.69. The van der Waals surface area contributed by atoms with Crippen molar-refractivity contribution in [2.75, 3.05) is 23.8 Å².